The van der Waals surface area contributed by atoms with E-state index in [2.05, 4.69) is 20.5 Å². The van der Waals surface area contributed by atoms with E-state index >= 15 is 0 Å². The Morgan fingerprint density at radius 3 is 2.95 bits per heavy atom. The Kier molecular flexibility index (Phi) is 4.15. The number of rotatable bonds is 4. The van der Waals surface area contributed by atoms with Crippen LogP contribution in [0.5, 0.6) is 6.01 Å². The molecule has 19 heavy (non-hydrogen) atoms. The highest BCUT2D eigenvalue weighted by Crippen LogP contribution is 2.16. The van der Waals surface area contributed by atoms with E-state index in [1.54, 1.807) is 12.1 Å². The Labute approximate surface area is 114 Å². The number of carbonyl (C=O) groups excluding carboxylic acids is 1. The van der Waals surface area contributed by atoms with E-state index in [1.807, 2.05) is 18.2 Å². The summed E-state index contributed by atoms with van der Waals surface area (Å²) in [5, 5.41) is 9.31. The molecule has 0 unspecified atom stereocenters. The lowest BCUT2D eigenvalue weighted by atomic mass is 10.2. The first kappa shape index (κ1) is 13.1. The van der Waals surface area contributed by atoms with Gasteiger partial charge in [0.25, 0.3) is 5.91 Å². The van der Waals surface area contributed by atoms with Crippen molar-refractivity contribution < 1.29 is 9.53 Å². The van der Waals surface area contributed by atoms with Gasteiger partial charge in [-0.15, -0.1) is 5.10 Å². The standard InChI is InChI=1S/C12H11ClN4O2/c1-19-12-15-11(16-17-12)14-10(18)7-6-8-4-2-3-5-9(8)13/h2-7H,1H3,(H2,14,15,16,17,18)/b7-6+. The third kappa shape index (κ3) is 3.56. The molecule has 98 valence electrons. The zero-order valence-electron chi connectivity index (χ0n) is 10.1. The molecule has 0 fully saturated rings. The van der Waals surface area contributed by atoms with Gasteiger partial charge >= 0.3 is 6.01 Å². The first-order valence-electron chi connectivity index (χ1n) is 5.39. The van der Waals surface area contributed by atoms with E-state index in [0.717, 1.165) is 5.56 Å². The van der Waals surface area contributed by atoms with E-state index < -0.39 is 0 Å². The zero-order chi connectivity index (χ0) is 13.7. The number of H-pyrrole nitrogens is 1. The molecule has 6 nitrogen and oxygen atoms in total. The second-order valence-corrected chi connectivity index (χ2v) is 3.92. The molecule has 0 atom stereocenters. The molecule has 0 aliphatic carbocycles. The predicted octanol–water partition coefficient (Wildman–Crippen LogP) is 2.12. The summed E-state index contributed by atoms with van der Waals surface area (Å²) in [6.45, 7) is 0. The third-order valence-corrected chi connectivity index (χ3v) is 2.55. The highest BCUT2D eigenvalue weighted by atomic mass is 35.5. The Morgan fingerprint density at radius 2 is 2.26 bits per heavy atom. The number of anilines is 1. The van der Waals surface area contributed by atoms with Crippen LogP contribution in [0.25, 0.3) is 6.08 Å². The monoisotopic (exact) mass is 278 g/mol. The van der Waals surface area contributed by atoms with Crippen LogP contribution in [0.1, 0.15) is 5.56 Å². The molecular weight excluding hydrogens is 268 g/mol. The number of nitrogens with zero attached hydrogens (tertiary/aromatic N) is 2. The molecule has 0 saturated heterocycles. The molecule has 1 aromatic carbocycles. The molecule has 7 heteroatoms. The van der Waals surface area contributed by atoms with Crippen molar-refractivity contribution in [1.82, 2.24) is 15.2 Å². The molecule has 0 saturated carbocycles. The average molecular weight is 279 g/mol. The molecule has 0 aliphatic rings. The average Bonchev–Trinajstić information content (AvgIpc) is 2.85. The first-order valence-corrected chi connectivity index (χ1v) is 5.77. The molecule has 2 rings (SSSR count). The minimum atomic E-state index is -0.348. The first-order chi connectivity index (χ1) is 9.19. The maximum absolute atomic E-state index is 11.6. The van der Waals surface area contributed by atoms with E-state index in [4.69, 9.17) is 16.3 Å². The van der Waals surface area contributed by atoms with E-state index in [9.17, 15) is 4.79 Å². The van der Waals surface area contributed by atoms with Gasteiger partial charge in [-0.1, -0.05) is 29.8 Å². The van der Waals surface area contributed by atoms with Crippen LogP contribution in [-0.2, 0) is 4.79 Å². The van der Waals surface area contributed by atoms with Gasteiger partial charge in [-0.05, 0) is 17.7 Å². The van der Waals surface area contributed by atoms with Crippen LogP contribution < -0.4 is 10.1 Å². The fourth-order valence-electron chi connectivity index (χ4n) is 1.33. The molecule has 2 N–H and O–H groups in total. The fraction of sp³-hybridized carbons (Fsp3) is 0.0833. The normalized spacial score (nSPS) is 10.6. The summed E-state index contributed by atoms with van der Waals surface area (Å²) in [7, 11) is 1.44. The molecule has 1 heterocycles. The molecule has 1 aromatic heterocycles. The van der Waals surface area contributed by atoms with E-state index in [0.29, 0.717) is 5.02 Å². The molecule has 0 bridgehead atoms. The lowest BCUT2D eigenvalue weighted by Crippen LogP contribution is -2.09. The molecule has 1 amide bonds. The summed E-state index contributed by atoms with van der Waals surface area (Å²) < 4.78 is 4.78. The Bertz CT molecular complexity index is 609. The Hall–Kier alpha value is -2.34. The molecule has 0 spiro atoms. The maximum atomic E-state index is 11.6. The van der Waals surface area contributed by atoms with Crippen molar-refractivity contribution in [2.75, 3.05) is 12.4 Å². The number of carbonyl (C=O) groups is 1. The maximum Gasteiger partial charge on any atom is 0.336 e. The van der Waals surface area contributed by atoms with Crippen LogP contribution >= 0.6 is 11.6 Å². The predicted molar refractivity (Wildman–Crippen MR) is 72.1 cm³/mol. The fourth-order valence-corrected chi connectivity index (χ4v) is 1.53. The summed E-state index contributed by atoms with van der Waals surface area (Å²) >= 11 is 5.96. The number of hydrogen-bond donors (Lipinski definition) is 2. The van der Waals surface area contributed by atoms with Crippen molar-refractivity contribution in [3.05, 3.63) is 40.9 Å². The van der Waals surface area contributed by atoms with Crippen LogP contribution in [0.2, 0.25) is 5.02 Å². The summed E-state index contributed by atoms with van der Waals surface area (Å²) in [6.07, 6.45) is 2.97. The quantitative estimate of drug-likeness (QED) is 0.840. The van der Waals surface area contributed by atoms with Gasteiger partial charge in [-0.25, -0.2) is 5.10 Å². The van der Waals surface area contributed by atoms with Crippen molar-refractivity contribution in [2.45, 2.75) is 0 Å². The SMILES string of the molecule is COc1n[nH]c(NC(=O)/C=C/c2ccccc2Cl)n1. The third-order valence-electron chi connectivity index (χ3n) is 2.21. The number of nitrogens with one attached hydrogen (secondary N) is 2. The second kappa shape index (κ2) is 6.01. The molecule has 0 aliphatic heterocycles. The number of benzene rings is 1. The van der Waals surface area contributed by atoms with Gasteiger partial charge in [0, 0.05) is 11.1 Å². The van der Waals surface area contributed by atoms with Gasteiger partial charge in [-0.2, -0.15) is 4.98 Å². The van der Waals surface area contributed by atoms with Crippen LogP contribution in [0.4, 0.5) is 5.95 Å². The number of aromatic amines is 1. The molecule has 2 aromatic rings. The van der Waals surface area contributed by atoms with Gasteiger partial charge in [0.1, 0.15) is 0 Å². The van der Waals surface area contributed by atoms with Crippen molar-refractivity contribution in [1.29, 1.82) is 0 Å². The van der Waals surface area contributed by atoms with E-state index in [-0.39, 0.29) is 17.9 Å². The van der Waals surface area contributed by atoms with Gasteiger partial charge in [-0.3, -0.25) is 10.1 Å². The molecular formula is C12H11ClN4O2. The second-order valence-electron chi connectivity index (χ2n) is 3.51. The number of aromatic nitrogens is 3. The van der Waals surface area contributed by atoms with Crippen molar-refractivity contribution in [3.63, 3.8) is 0 Å². The zero-order valence-corrected chi connectivity index (χ0v) is 10.8. The van der Waals surface area contributed by atoms with Gasteiger partial charge in [0.2, 0.25) is 5.95 Å². The minimum Gasteiger partial charge on any atom is -0.466 e. The van der Waals surface area contributed by atoms with Crippen molar-refractivity contribution >= 4 is 29.5 Å². The number of methoxy groups -OCH3 is 1. The number of halogens is 1. The largest absolute Gasteiger partial charge is 0.466 e. The highest BCUT2D eigenvalue weighted by Gasteiger charge is 2.04. The number of ether oxygens (including phenoxy) is 1. The van der Waals surface area contributed by atoms with Crippen LogP contribution in [0, 0.1) is 0 Å². The number of hydrogen-bond acceptors (Lipinski definition) is 4. The van der Waals surface area contributed by atoms with Crippen molar-refractivity contribution in [2.24, 2.45) is 0 Å². The van der Waals surface area contributed by atoms with Gasteiger partial charge < -0.3 is 4.74 Å². The van der Waals surface area contributed by atoms with E-state index in [1.165, 1.54) is 13.2 Å². The summed E-state index contributed by atoms with van der Waals surface area (Å²) in [5.41, 5.74) is 0.759. The van der Waals surface area contributed by atoms with Crippen LogP contribution in [-0.4, -0.2) is 28.2 Å². The topological polar surface area (TPSA) is 79.9 Å². The summed E-state index contributed by atoms with van der Waals surface area (Å²) in [4.78, 5) is 15.5. The summed E-state index contributed by atoms with van der Waals surface area (Å²) in [5.74, 6) is -0.135. The van der Waals surface area contributed by atoms with Crippen molar-refractivity contribution in [3.8, 4) is 6.01 Å². The smallest absolute Gasteiger partial charge is 0.336 e. The Morgan fingerprint density at radius 1 is 1.47 bits per heavy atom. The van der Waals surface area contributed by atoms with Gasteiger partial charge in [0.15, 0.2) is 0 Å². The van der Waals surface area contributed by atoms with Crippen LogP contribution in [0.3, 0.4) is 0 Å². The lowest BCUT2D eigenvalue weighted by molar-refractivity contribution is -0.111. The molecule has 0 radical (unpaired) electrons. The Balaban J connectivity index is 1.99. The highest BCUT2D eigenvalue weighted by molar-refractivity contribution is 6.32. The summed E-state index contributed by atoms with van der Waals surface area (Å²) in [6, 6.07) is 7.38. The van der Waals surface area contributed by atoms with Crippen LogP contribution in [0.15, 0.2) is 30.3 Å². The van der Waals surface area contributed by atoms with Gasteiger partial charge in [0.05, 0.1) is 7.11 Å². The minimum absolute atomic E-state index is 0.158. The lowest BCUT2D eigenvalue weighted by Gasteiger charge is -1.97. The number of amides is 1.